The molecule has 5 nitrogen and oxygen atoms in total. The van der Waals surface area contributed by atoms with Gasteiger partial charge >= 0.3 is 0 Å². The summed E-state index contributed by atoms with van der Waals surface area (Å²) in [5.41, 5.74) is 1.32. The van der Waals surface area contributed by atoms with Gasteiger partial charge in [-0.3, -0.25) is 4.79 Å². The van der Waals surface area contributed by atoms with Crippen LogP contribution in [-0.4, -0.2) is 59.0 Å². The Labute approximate surface area is 168 Å². The smallest absolute Gasteiger partial charge is 0.226 e. The Morgan fingerprint density at radius 3 is 2.64 bits per heavy atom. The first-order valence-corrected chi connectivity index (χ1v) is 10.6. The minimum atomic E-state index is 0.201. The molecule has 1 aromatic carbocycles. The average molecular weight is 381 g/mol. The minimum absolute atomic E-state index is 0.201. The van der Waals surface area contributed by atoms with Gasteiger partial charge in [0.1, 0.15) is 5.82 Å². The van der Waals surface area contributed by atoms with E-state index in [4.69, 9.17) is 0 Å². The van der Waals surface area contributed by atoms with E-state index in [9.17, 15) is 4.79 Å². The summed E-state index contributed by atoms with van der Waals surface area (Å²) in [7, 11) is 4.23. The van der Waals surface area contributed by atoms with E-state index < -0.39 is 0 Å². The first kappa shape index (κ1) is 19.2. The zero-order valence-corrected chi connectivity index (χ0v) is 17.1. The van der Waals surface area contributed by atoms with E-state index in [2.05, 4.69) is 63.9 Å². The van der Waals surface area contributed by atoms with Crippen LogP contribution in [0.25, 0.3) is 0 Å². The zero-order chi connectivity index (χ0) is 19.5. The maximum absolute atomic E-state index is 12.9. The highest BCUT2D eigenvalue weighted by molar-refractivity contribution is 5.83. The van der Waals surface area contributed by atoms with Gasteiger partial charge in [-0.2, -0.15) is 0 Å². The third kappa shape index (κ3) is 4.30. The van der Waals surface area contributed by atoms with Gasteiger partial charge in [0, 0.05) is 43.9 Å². The summed E-state index contributed by atoms with van der Waals surface area (Å²) in [6, 6.07) is 10.5. The van der Waals surface area contributed by atoms with Crippen LogP contribution in [0.5, 0.6) is 0 Å². The second-order valence-corrected chi connectivity index (χ2v) is 8.59. The molecule has 1 saturated carbocycles. The summed E-state index contributed by atoms with van der Waals surface area (Å²) < 4.78 is 2.32. The summed E-state index contributed by atoms with van der Waals surface area (Å²) in [4.78, 5) is 21.9. The topological polar surface area (TPSA) is 41.4 Å². The quantitative estimate of drug-likeness (QED) is 0.740. The zero-order valence-electron chi connectivity index (χ0n) is 17.1. The summed E-state index contributed by atoms with van der Waals surface area (Å²) in [6.07, 6.45) is 8.24. The molecule has 2 atom stereocenters. The molecule has 1 saturated heterocycles. The molecular weight excluding hydrogens is 348 g/mol. The lowest BCUT2D eigenvalue weighted by molar-refractivity contribution is -0.133. The normalized spacial score (nSPS) is 22.6. The van der Waals surface area contributed by atoms with Crippen LogP contribution in [0.1, 0.15) is 48.9 Å². The molecule has 2 aromatic rings. The molecule has 4 rings (SSSR count). The molecule has 2 fully saturated rings. The van der Waals surface area contributed by atoms with Crippen molar-refractivity contribution in [1.29, 1.82) is 0 Å². The number of rotatable bonds is 7. The van der Waals surface area contributed by atoms with E-state index in [1.807, 2.05) is 12.3 Å². The number of likely N-dealkylation sites (tertiary alicyclic amines) is 1. The summed E-state index contributed by atoms with van der Waals surface area (Å²) in [5, 5.41) is 0. The van der Waals surface area contributed by atoms with Gasteiger partial charge in [0.25, 0.3) is 0 Å². The fourth-order valence-electron chi connectivity index (χ4n) is 4.56. The average Bonchev–Trinajstić information content (AvgIpc) is 3.39. The predicted octanol–water partition coefficient (Wildman–Crippen LogP) is 3.34. The first-order chi connectivity index (χ1) is 13.6. The Hall–Kier alpha value is -2.14. The Balaban J connectivity index is 1.29. The van der Waals surface area contributed by atoms with Gasteiger partial charge in [-0.1, -0.05) is 30.3 Å². The summed E-state index contributed by atoms with van der Waals surface area (Å²) in [5.74, 6) is 2.68. The Morgan fingerprint density at radius 2 is 1.93 bits per heavy atom. The molecule has 0 spiro atoms. The number of nitrogens with zero attached hydrogens (tertiary/aromatic N) is 4. The van der Waals surface area contributed by atoms with Crippen LogP contribution in [0.4, 0.5) is 0 Å². The van der Waals surface area contributed by atoms with Crippen molar-refractivity contribution < 1.29 is 4.79 Å². The monoisotopic (exact) mass is 380 g/mol. The third-order valence-electron chi connectivity index (χ3n) is 6.26. The van der Waals surface area contributed by atoms with Gasteiger partial charge in [0.05, 0.1) is 0 Å². The van der Waals surface area contributed by atoms with E-state index in [-0.39, 0.29) is 5.92 Å². The van der Waals surface area contributed by atoms with Crippen molar-refractivity contribution >= 4 is 5.91 Å². The number of hydrogen-bond donors (Lipinski definition) is 0. The number of aromatic nitrogens is 2. The molecule has 2 aliphatic rings. The van der Waals surface area contributed by atoms with Gasteiger partial charge < -0.3 is 14.4 Å². The van der Waals surface area contributed by atoms with Crippen LogP contribution < -0.4 is 0 Å². The van der Waals surface area contributed by atoms with Crippen molar-refractivity contribution in [3.63, 3.8) is 0 Å². The number of piperidine rings is 1. The van der Waals surface area contributed by atoms with Gasteiger partial charge in [-0.05, 0) is 57.8 Å². The summed E-state index contributed by atoms with van der Waals surface area (Å²) >= 11 is 0. The number of carbonyl (C=O) groups excluding carboxylic acids is 1. The number of imidazole rings is 1. The van der Waals surface area contributed by atoms with Crippen molar-refractivity contribution in [2.75, 3.05) is 33.7 Å². The van der Waals surface area contributed by atoms with E-state index in [0.717, 1.165) is 51.9 Å². The highest BCUT2D eigenvalue weighted by Gasteiger charge is 2.46. The molecule has 1 amide bonds. The maximum Gasteiger partial charge on any atom is 0.226 e. The molecule has 0 bridgehead atoms. The standard InChI is InChI=1S/C23H32N4O/c1-25(2)12-6-13-26-16-11-24-22(26)19-9-14-27(15-10-19)23(28)21-17-20(21)18-7-4-3-5-8-18/h3-5,7-8,11,16,19-21H,6,9-10,12-15,17H2,1-2H3. The van der Waals surface area contributed by atoms with Crippen molar-refractivity contribution in [3.8, 4) is 0 Å². The van der Waals surface area contributed by atoms with Crippen LogP contribution in [0, 0.1) is 5.92 Å². The molecule has 2 unspecified atom stereocenters. The lowest BCUT2D eigenvalue weighted by atomic mass is 9.95. The van der Waals surface area contributed by atoms with Gasteiger partial charge in [0.2, 0.25) is 5.91 Å². The Bertz CT molecular complexity index is 777. The number of carbonyl (C=O) groups is 1. The second-order valence-electron chi connectivity index (χ2n) is 8.59. The van der Waals surface area contributed by atoms with E-state index in [1.54, 1.807) is 0 Å². The number of hydrogen-bond acceptors (Lipinski definition) is 3. The van der Waals surface area contributed by atoms with Crippen LogP contribution in [0.15, 0.2) is 42.7 Å². The van der Waals surface area contributed by atoms with Gasteiger partial charge in [-0.15, -0.1) is 0 Å². The molecule has 1 aliphatic carbocycles. The predicted molar refractivity (Wildman–Crippen MR) is 111 cm³/mol. The van der Waals surface area contributed by atoms with Crippen molar-refractivity contribution in [2.45, 2.75) is 44.1 Å². The number of aryl methyl sites for hydroxylation is 1. The highest BCUT2D eigenvalue weighted by atomic mass is 16.2. The molecule has 1 aliphatic heterocycles. The second kappa shape index (κ2) is 8.48. The lowest BCUT2D eigenvalue weighted by Crippen LogP contribution is -2.39. The third-order valence-corrected chi connectivity index (χ3v) is 6.26. The molecular formula is C23H32N4O. The molecule has 2 heterocycles. The van der Waals surface area contributed by atoms with Crippen LogP contribution in [-0.2, 0) is 11.3 Å². The Morgan fingerprint density at radius 1 is 1.18 bits per heavy atom. The fourth-order valence-corrected chi connectivity index (χ4v) is 4.56. The van der Waals surface area contributed by atoms with E-state index in [0.29, 0.717) is 17.7 Å². The number of amides is 1. The molecule has 0 radical (unpaired) electrons. The lowest BCUT2D eigenvalue weighted by Gasteiger charge is -2.32. The molecule has 1 aromatic heterocycles. The van der Waals surface area contributed by atoms with Crippen LogP contribution in [0.3, 0.4) is 0 Å². The maximum atomic E-state index is 12.9. The van der Waals surface area contributed by atoms with Gasteiger partial charge in [0.15, 0.2) is 0 Å². The molecule has 150 valence electrons. The van der Waals surface area contributed by atoms with Crippen molar-refractivity contribution in [2.24, 2.45) is 5.92 Å². The SMILES string of the molecule is CN(C)CCCn1ccnc1C1CCN(C(=O)C2CC2c2ccccc2)CC1. The van der Waals surface area contributed by atoms with Crippen molar-refractivity contribution in [1.82, 2.24) is 19.4 Å². The summed E-state index contributed by atoms with van der Waals surface area (Å²) in [6.45, 7) is 3.85. The molecule has 28 heavy (non-hydrogen) atoms. The number of benzene rings is 1. The van der Waals surface area contributed by atoms with Gasteiger partial charge in [-0.25, -0.2) is 4.98 Å². The fraction of sp³-hybridized carbons (Fsp3) is 0.565. The molecule has 5 heteroatoms. The van der Waals surface area contributed by atoms with E-state index >= 15 is 0 Å². The first-order valence-electron chi connectivity index (χ1n) is 10.6. The van der Waals surface area contributed by atoms with E-state index in [1.165, 1.54) is 11.4 Å². The van der Waals surface area contributed by atoms with Crippen LogP contribution >= 0.6 is 0 Å². The highest BCUT2D eigenvalue weighted by Crippen LogP contribution is 2.48. The van der Waals surface area contributed by atoms with Crippen molar-refractivity contribution in [3.05, 3.63) is 54.1 Å². The minimum Gasteiger partial charge on any atom is -0.342 e. The largest absolute Gasteiger partial charge is 0.342 e. The Kier molecular flexibility index (Phi) is 5.81. The molecule has 0 N–H and O–H groups in total. The van der Waals surface area contributed by atoms with Crippen LogP contribution in [0.2, 0.25) is 0 Å².